The van der Waals surface area contributed by atoms with E-state index in [1.54, 1.807) is 12.1 Å². The quantitative estimate of drug-likeness (QED) is 0.481. The van der Waals surface area contributed by atoms with Gasteiger partial charge in [0.1, 0.15) is 11.7 Å². The zero-order valence-corrected chi connectivity index (χ0v) is 16.3. The summed E-state index contributed by atoms with van der Waals surface area (Å²) in [5.74, 6) is -1.14. The second-order valence-electron chi connectivity index (χ2n) is 7.68. The van der Waals surface area contributed by atoms with Crippen molar-refractivity contribution < 1.29 is 19.2 Å². The van der Waals surface area contributed by atoms with Crippen LogP contribution in [0.15, 0.2) is 18.2 Å². The Labute approximate surface area is 159 Å². The van der Waals surface area contributed by atoms with Crippen LogP contribution in [0.1, 0.15) is 50.4 Å². The van der Waals surface area contributed by atoms with Crippen molar-refractivity contribution in [2.75, 3.05) is 25.1 Å². The first-order valence-electron chi connectivity index (χ1n) is 9.07. The Morgan fingerprint density at radius 1 is 1.30 bits per heavy atom. The Morgan fingerprint density at radius 3 is 2.63 bits per heavy atom. The second kappa shape index (κ2) is 8.37. The molecule has 2 rings (SSSR count). The molecule has 1 atom stereocenters. The molecule has 1 aliphatic rings. The Morgan fingerprint density at radius 2 is 2.00 bits per heavy atom. The molecule has 0 aromatic heterocycles. The lowest BCUT2D eigenvalue weighted by Crippen LogP contribution is -2.39. The lowest BCUT2D eigenvalue weighted by molar-refractivity contribution is -0.384. The average molecular weight is 377 g/mol. The van der Waals surface area contributed by atoms with Crippen molar-refractivity contribution in [2.45, 2.75) is 46.1 Å². The van der Waals surface area contributed by atoms with E-state index in [0.717, 1.165) is 32.4 Å². The van der Waals surface area contributed by atoms with E-state index in [1.165, 1.54) is 20.1 Å². The van der Waals surface area contributed by atoms with E-state index in [1.807, 2.05) is 4.90 Å². The highest BCUT2D eigenvalue weighted by molar-refractivity contribution is 5.98. The number of hydrogen-bond acceptors (Lipinski definition) is 6. The summed E-state index contributed by atoms with van der Waals surface area (Å²) in [5, 5.41) is 14.1. The van der Waals surface area contributed by atoms with Crippen LogP contribution in [0.25, 0.3) is 0 Å². The Kier molecular flexibility index (Phi) is 6.41. The molecule has 0 radical (unpaired) electrons. The predicted octanol–water partition coefficient (Wildman–Crippen LogP) is 2.90. The normalized spacial score (nSPS) is 17.6. The van der Waals surface area contributed by atoms with E-state index in [0.29, 0.717) is 5.69 Å². The number of nitrogens with zero attached hydrogens (tertiary/aromatic N) is 2. The number of nitro benzene ring substituents is 1. The van der Waals surface area contributed by atoms with Gasteiger partial charge >= 0.3 is 5.97 Å². The SMILES string of the molecule is COC(=O)C(C)NC(=O)c1ccc(N2CCCC(C)(C)CC2)c([N+](=O)[O-])c1. The van der Waals surface area contributed by atoms with Crippen LogP contribution in [0.2, 0.25) is 0 Å². The van der Waals surface area contributed by atoms with Crippen molar-refractivity contribution in [3.63, 3.8) is 0 Å². The van der Waals surface area contributed by atoms with Crippen molar-refractivity contribution in [3.05, 3.63) is 33.9 Å². The number of carbonyl (C=O) groups is 2. The predicted molar refractivity (Wildman–Crippen MR) is 102 cm³/mol. The number of carbonyl (C=O) groups excluding carboxylic acids is 2. The number of anilines is 1. The molecule has 1 aliphatic heterocycles. The number of benzene rings is 1. The fraction of sp³-hybridized carbons (Fsp3) is 0.579. The topological polar surface area (TPSA) is 102 Å². The van der Waals surface area contributed by atoms with Crippen LogP contribution in [-0.2, 0) is 9.53 Å². The van der Waals surface area contributed by atoms with E-state index in [4.69, 9.17) is 0 Å². The third-order valence-corrected chi connectivity index (χ3v) is 5.02. The molecule has 0 spiro atoms. The van der Waals surface area contributed by atoms with Gasteiger partial charge in [-0.15, -0.1) is 0 Å². The van der Waals surface area contributed by atoms with Gasteiger partial charge in [0.25, 0.3) is 11.6 Å². The van der Waals surface area contributed by atoms with Gasteiger partial charge in [-0.2, -0.15) is 0 Å². The molecule has 1 aromatic rings. The highest BCUT2D eigenvalue weighted by Gasteiger charge is 2.28. The highest BCUT2D eigenvalue weighted by atomic mass is 16.6. The molecule has 1 heterocycles. The number of nitro groups is 1. The van der Waals surface area contributed by atoms with Crippen molar-refractivity contribution in [3.8, 4) is 0 Å². The van der Waals surface area contributed by atoms with Gasteiger partial charge in [0.05, 0.1) is 12.0 Å². The summed E-state index contributed by atoms with van der Waals surface area (Å²) in [6.07, 6.45) is 2.98. The van der Waals surface area contributed by atoms with Crippen LogP contribution >= 0.6 is 0 Å². The van der Waals surface area contributed by atoms with Crippen molar-refractivity contribution in [2.24, 2.45) is 5.41 Å². The molecule has 1 amide bonds. The fourth-order valence-electron chi connectivity index (χ4n) is 3.26. The maximum Gasteiger partial charge on any atom is 0.328 e. The van der Waals surface area contributed by atoms with Gasteiger partial charge in [0, 0.05) is 24.7 Å². The van der Waals surface area contributed by atoms with E-state index in [2.05, 4.69) is 23.9 Å². The third-order valence-electron chi connectivity index (χ3n) is 5.02. The lowest BCUT2D eigenvalue weighted by Gasteiger charge is -2.24. The van der Waals surface area contributed by atoms with E-state index in [9.17, 15) is 19.7 Å². The molecule has 1 unspecified atom stereocenters. The first-order chi connectivity index (χ1) is 12.6. The molecule has 1 aromatic carbocycles. The molecule has 8 heteroatoms. The zero-order valence-electron chi connectivity index (χ0n) is 16.3. The average Bonchev–Trinajstić information content (AvgIpc) is 2.80. The summed E-state index contributed by atoms with van der Waals surface area (Å²) in [4.78, 5) is 36.9. The molecule has 27 heavy (non-hydrogen) atoms. The molecule has 8 nitrogen and oxygen atoms in total. The highest BCUT2D eigenvalue weighted by Crippen LogP contribution is 2.35. The van der Waals surface area contributed by atoms with Gasteiger partial charge in [0.15, 0.2) is 0 Å². The summed E-state index contributed by atoms with van der Waals surface area (Å²) in [6, 6.07) is 3.60. The van der Waals surface area contributed by atoms with Crippen molar-refractivity contribution in [1.29, 1.82) is 0 Å². The lowest BCUT2D eigenvalue weighted by atomic mass is 9.85. The minimum Gasteiger partial charge on any atom is -0.467 e. The van der Waals surface area contributed by atoms with Crippen LogP contribution in [-0.4, -0.2) is 43.0 Å². The fourth-order valence-corrected chi connectivity index (χ4v) is 3.26. The number of methoxy groups -OCH3 is 1. The van der Waals surface area contributed by atoms with Crippen molar-refractivity contribution >= 4 is 23.3 Å². The molecular formula is C19H27N3O5. The van der Waals surface area contributed by atoms with Crippen LogP contribution in [0, 0.1) is 15.5 Å². The molecule has 0 saturated carbocycles. The third kappa shape index (κ3) is 5.18. The summed E-state index contributed by atoms with van der Waals surface area (Å²) < 4.78 is 4.57. The number of rotatable bonds is 5. The maximum atomic E-state index is 12.3. The Hall–Kier alpha value is -2.64. The molecule has 148 valence electrons. The van der Waals surface area contributed by atoms with E-state index >= 15 is 0 Å². The molecule has 1 fully saturated rings. The summed E-state index contributed by atoms with van der Waals surface area (Å²) in [7, 11) is 1.23. The second-order valence-corrected chi connectivity index (χ2v) is 7.68. The van der Waals surface area contributed by atoms with E-state index < -0.39 is 22.8 Å². The Balaban J connectivity index is 2.25. The van der Waals surface area contributed by atoms with Gasteiger partial charge in [-0.3, -0.25) is 14.9 Å². The minimum absolute atomic E-state index is 0.104. The summed E-state index contributed by atoms with van der Waals surface area (Å²) in [6.45, 7) is 7.39. The molecule has 0 aliphatic carbocycles. The van der Waals surface area contributed by atoms with Gasteiger partial charge in [0.2, 0.25) is 0 Å². The first kappa shape index (κ1) is 20.7. The number of esters is 1. The van der Waals surface area contributed by atoms with Crippen LogP contribution in [0.5, 0.6) is 0 Å². The van der Waals surface area contributed by atoms with Gasteiger partial charge in [-0.05, 0) is 43.7 Å². The number of hydrogen-bond donors (Lipinski definition) is 1. The minimum atomic E-state index is -0.839. The van der Waals surface area contributed by atoms with Crippen LogP contribution in [0.3, 0.4) is 0 Å². The first-order valence-corrected chi connectivity index (χ1v) is 9.07. The van der Waals surface area contributed by atoms with Crippen molar-refractivity contribution in [1.82, 2.24) is 5.32 Å². The molecule has 0 bridgehead atoms. The zero-order chi connectivity index (χ0) is 20.2. The molecule has 1 N–H and O–H groups in total. The number of ether oxygens (including phenoxy) is 1. The van der Waals surface area contributed by atoms with Crippen LogP contribution < -0.4 is 10.2 Å². The standard InChI is InChI=1S/C19H27N3O5/c1-13(18(24)27-4)20-17(23)14-6-7-15(16(12-14)22(25)26)21-10-5-8-19(2,3)9-11-21/h6-7,12-13H,5,8-11H2,1-4H3,(H,20,23). The van der Waals surface area contributed by atoms with Gasteiger partial charge < -0.3 is 15.0 Å². The Bertz CT molecular complexity index is 732. The molecular weight excluding hydrogens is 350 g/mol. The smallest absolute Gasteiger partial charge is 0.328 e. The monoisotopic (exact) mass is 377 g/mol. The van der Waals surface area contributed by atoms with Gasteiger partial charge in [-0.1, -0.05) is 13.8 Å². The van der Waals surface area contributed by atoms with Crippen LogP contribution in [0.4, 0.5) is 11.4 Å². The van der Waals surface area contributed by atoms with Gasteiger partial charge in [-0.25, -0.2) is 4.79 Å². The largest absolute Gasteiger partial charge is 0.467 e. The number of nitrogens with one attached hydrogen (secondary N) is 1. The van der Waals surface area contributed by atoms with E-state index in [-0.39, 0.29) is 16.7 Å². The molecule has 1 saturated heterocycles. The number of amides is 1. The summed E-state index contributed by atoms with van der Waals surface area (Å²) in [5.41, 5.74) is 0.771. The summed E-state index contributed by atoms with van der Waals surface area (Å²) >= 11 is 0. The maximum absolute atomic E-state index is 12.3.